The third kappa shape index (κ3) is 3.28. The number of nitrogens with zero attached hydrogens (tertiary/aromatic N) is 1. The van der Waals surface area contributed by atoms with Crippen LogP contribution in [0.4, 0.5) is 0 Å². The minimum absolute atomic E-state index is 0.160. The Hall–Kier alpha value is -2.18. The van der Waals surface area contributed by atoms with Gasteiger partial charge in [0.15, 0.2) is 0 Å². The van der Waals surface area contributed by atoms with Gasteiger partial charge in [0.1, 0.15) is 5.75 Å². The molecule has 2 atom stereocenters. The van der Waals surface area contributed by atoms with Crippen molar-refractivity contribution in [1.29, 1.82) is 0 Å². The van der Waals surface area contributed by atoms with Crippen molar-refractivity contribution >= 4 is 16.0 Å². The van der Waals surface area contributed by atoms with Crippen LogP contribution in [0.15, 0.2) is 53.4 Å². The van der Waals surface area contributed by atoms with Crippen molar-refractivity contribution in [2.75, 3.05) is 6.54 Å². The number of carbonyl (C=O) groups excluding carboxylic acids is 1. The molecule has 1 aliphatic rings. The zero-order valence-electron chi connectivity index (χ0n) is 12.9. The maximum Gasteiger partial charge on any atom is 0.308 e. The number of ether oxygens (including phenoxy) is 1. The molecule has 6 heteroatoms. The van der Waals surface area contributed by atoms with Gasteiger partial charge in [-0.15, -0.1) is 0 Å². The highest BCUT2D eigenvalue weighted by atomic mass is 32.2. The van der Waals surface area contributed by atoms with Gasteiger partial charge in [0.2, 0.25) is 10.0 Å². The van der Waals surface area contributed by atoms with Crippen molar-refractivity contribution in [2.24, 2.45) is 0 Å². The van der Waals surface area contributed by atoms with Crippen LogP contribution in [0.1, 0.15) is 24.1 Å². The lowest BCUT2D eigenvalue weighted by Gasteiger charge is -2.07. The van der Waals surface area contributed by atoms with E-state index in [0.717, 1.165) is 11.1 Å². The summed E-state index contributed by atoms with van der Waals surface area (Å²) in [6.07, 6.45) is 0. The van der Waals surface area contributed by atoms with Crippen LogP contribution in [0.25, 0.3) is 0 Å². The molecule has 0 N–H and O–H groups in total. The fourth-order valence-corrected chi connectivity index (χ4v) is 3.98. The van der Waals surface area contributed by atoms with Crippen LogP contribution in [-0.4, -0.2) is 25.2 Å². The Labute approximate surface area is 135 Å². The highest BCUT2D eigenvalue weighted by Gasteiger charge is 2.45. The summed E-state index contributed by atoms with van der Waals surface area (Å²) in [5, 5.41) is 0. The lowest BCUT2D eigenvalue weighted by atomic mass is 10.1. The van der Waals surface area contributed by atoms with Gasteiger partial charge < -0.3 is 4.74 Å². The Morgan fingerprint density at radius 2 is 1.70 bits per heavy atom. The van der Waals surface area contributed by atoms with Gasteiger partial charge in [-0.1, -0.05) is 29.8 Å². The first-order chi connectivity index (χ1) is 10.9. The Morgan fingerprint density at radius 1 is 1.09 bits per heavy atom. The topological polar surface area (TPSA) is 63.5 Å². The SMILES string of the molecule is CC(=O)Oc1ccc(C2CN2S(=O)(=O)c2ccc(C)cc2)cc1. The Bertz CT molecular complexity index is 826. The van der Waals surface area contributed by atoms with Crippen LogP contribution in [0.2, 0.25) is 0 Å². The smallest absolute Gasteiger partial charge is 0.308 e. The minimum atomic E-state index is -3.46. The van der Waals surface area contributed by atoms with Gasteiger partial charge >= 0.3 is 5.97 Å². The van der Waals surface area contributed by atoms with Gasteiger partial charge in [0.05, 0.1) is 10.9 Å². The maximum atomic E-state index is 12.6. The first-order valence-electron chi connectivity index (χ1n) is 7.25. The Morgan fingerprint density at radius 3 is 2.26 bits per heavy atom. The molecule has 0 spiro atoms. The molecule has 2 unspecified atom stereocenters. The number of esters is 1. The summed E-state index contributed by atoms with van der Waals surface area (Å²) in [6.45, 7) is 3.72. The predicted molar refractivity (Wildman–Crippen MR) is 85.6 cm³/mol. The number of rotatable bonds is 4. The van der Waals surface area contributed by atoms with Gasteiger partial charge in [0.25, 0.3) is 0 Å². The van der Waals surface area contributed by atoms with Crippen molar-refractivity contribution in [3.05, 3.63) is 59.7 Å². The molecule has 0 aliphatic carbocycles. The van der Waals surface area contributed by atoms with E-state index in [0.29, 0.717) is 17.2 Å². The predicted octanol–water partition coefficient (Wildman–Crippen LogP) is 2.67. The number of sulfonamides is 1. The third-order valence-corrected chi connectivity index (χ3v) is 5.61. The molecule has 1 fully saturated rings. The monoisotopic (exact) mass is 331 g/mol. The molecular formula is C17H17NO4S. The largest absolute Gasteiger partial charge is 0.427 e. The van der Waals surface area contributed by atoms with E-state index in [2.05, 4.69) is 0 Å². The first kappa shape index (κ1) is 15.7. The molecule has 23 heavy (non-hydrogen) atoms. The van der Waals surface area contributed by atoms with E-state index in [1.807, 2.05) is 6.92 Å². The van der Waals surface area contributed by atoms with E-state index < -0.39 is 10.0 Å². The van der Waals surface area contributed by atoms with Gasteiger partial charge in [-0.3, -0.25) is 4.79 Å². The summed E-state index contributed by atoms with van der Waals surface area (Å²) < 4.78 is 31.5. The fraction of sp³-hybridized carbons (Fsp3) is 0.235. The lowest BCUT2D eigenvalue weighted by Crippen LogP contribution is -2.12. The van der Waals surface area contributed by atoms with E-state index in [1.165, 1.54) is 11.2 Å². The summed E-state index contributed by atoms with van der Waals surface area (Å²) >= 11 is 0. The Balaban J connectivity index is 1.76. The molecular weight excluding hydrogens is 314 g/mol. The Kier molecular flexibility index (Phi) is 3.95. The molecule has 120 valence electrons. The highest BCUT2D eigenvalue weighted by Crippen LogP contribution is 2.40. The second-order valence-electron chi connectivity index (χ2n) is 5.57. The summed E-state index contributed by atoms with van der Waals surface area (Å²) in [5.74, 6) is 0.0718. The van der Waals surface area contributed by atoms with E-state index in [4.69, 9.17) is 4.74 Å². The zero-order chi connectivity index (χ0) is 16.6. The van der Waals surface area contributed by atoms with Crippen LogP contribution < -0.4 is 4.74 Å². The molecule has 0 amide bonds. The molecule has 1 saturated heterocycles. The number of benzene rings is 2. The van der Waals surface area contributed by atoms with Crippen molar-refractivity contribution < 1.29 is 17.9 Å². The summed E-state index contributed by atoms with van der Waals surface area (Å²) in [7, 11) is -3.46. The molecule has 0 saturated carbocycles. The highest BCUT2D eigenvalue weighted by molar-refractivity contribution is 7.89. The van der Waals surface area contributed by atoms with Crippen LogP contribution in [0.5, 0.6) is 5.75 Å². The van der Waals surface area contributed by atoms with Gasteiger partial charge in [0, 0.05) is 13.5 Å². The molecule has 0 bridgehead atoms. The second kappa shape index (κ2) is 5.79. The molecule has 2 aromatic rings. The van der Waals surface area contributed by atoms with Crippen molar-refractivity contribution in [3.63, 3.8) is 0 Å². The fourth-order valence-electron chi connectivity index (χ4n) is 2.43. The molecule has 0 aromatic heterocycles. The van der Waals surface area contributed by atoms with Gasteiger partial charge in [-0.2, -0.15) is 4.31 Å². The molecule has 1 heterocycles. The first-order valence-corrected chi connectivity index (χ1v) is 8.69. The number of hydrogen-bond acceptors (Lipinski definition) is 4. The molecule has 0 radical (unpaired) electrons. The van der Waals surface area contributed by atoms with Crippen LogP contribution >= 0.6 is 0 Å². The number of carbonyl (C=O) groups is 1. The lowest BCUT2D eigenvalue weighted by molar-refractivity contribution is -0.131. The molecule has 5 nitrogen and oxygen atoms in total. The molecule has 2 aromatic carbocycles. The summed E-state index contributed by atoms with van der Waals surface area (Å²) in [4.78, 5) is 11.2. The van der Waals surface area contributed by atoms with Gasteiger partial charge in [-0.25, -0.2) is 8.42 Å². The minimum Gasteiger partial charge on any atom is -0.427 e. The number of aryl methyl sites for hydroxylation is 1. The molecule has 3 rings (SSSR count). The van der Waals surface area contributed by atoms with Crippen LogP contribution in [0.3, 0.4) is 0 Å². The van der Waals surface area contributed by atoms with Crippen molar-refractivity contribution in [3.8, 4) is 5.75 Å². The number of hydrogen-bond donors (Lipinski definition) is 0. The van der Waals surface area contributed by atoms with E-state index in [-0.39, 0.29) is 12.0 Å². The van der Waals surface area contributed by atoms with Crippen LogP contribution in [-0.2, 0) is 14.8 Å². The third-order valence-electron chi connectivity index (χ3n) is 3.72. The van der Waals surface area contributed by atoms with Crippen molar-refractivity contribution in [2.45, 2.75) is 24.8 Å². The maximum absolute atomic E-state index is 12.6. The molecule has 1 aliphatic heterocycles. The van der Waals surface area contributed by atoms with E-state index in [9.17, 15) is 13.2 Å². The average Bonchev–Trinajstić information content (AvgIpc) is 3.29. The van der Waals surface area contributed by atoms with E-state index in [1.54, 1.807) is 48.5 Å². The van der Waals surface area contributed by atoms with Crippen LogP contribution in [0, 0.1) is 6.92 Å². The second-order valence-corrected chi connectivity index (χ2v) is 7.46. The quantitative estimate of drug-likeness (QED) is 0.491. The van der Waals surface area contributed by atoms with E-state index >= 15 is 0 Å². The zero-order valence-corrected chi connectivity index (χ0v) is 13.7. The normalized spacial score (nSPS) is 20.1. The summed E-state index contributed by atoms with van der Waals surface area (Å²) in [6, 6.07) is 13.6. The summed E-state index contributed by atoms with van der Waals surface area (Å²) in [5.41, 5.74) is 1.91. The average molecular weight is 331 g/mol. The van der Waals surface area contributed by atoms with Crippen molar-refractivity contribution in [1.82, 2.24) is 4.31 Å². The standard InChI is InChI=1S/C17H17NO4S/c1-12-3-9-16(10-4-12)23(20,21)18-11-17(18)14-5-7-15(8-6-14)22-13(2)19/h3-10,17H,11H2,1-2H3. The van der Waals surface area contributed by atoms with Gasteiger partial charge in [-0.05, 0) is 36.8 Å².